The Balaban J connectivity index is 1.76. The van der Waals surface area contributed by atoms with E-state index >= 15 is 0 Å². The Kier molecular flexibility index (Phi) is 5.02. The second-order valence-electron chi connectivity index (χ2n) is 6.60. The molecule has 0 spiro atoms. The monoisotopic (exact) mass is 382 g/mol. The second-order valence-corrected chi connectivity index (χ2v) is 6.60. The molecule has 1 aliphatic heterocycles. The van der Waals surface area contributed by atoms with E-state index < -0.39 is 4.92 Å². The lowest BCUT2D eigenvalue weighted by molar-refractivity contribution is -0.384. The van der Waals surface area contributed by atoms with Crippen molar-refractivity contribution in [2.75, 3.05) is 36.4 Å². The molecule has 4 rings (SSSR count). The lowest BCUT2D eigenvalue weighted by Gasteiger charge is -2.21. The van der Waals surface area contributed by atoms with Crippen LogP contribution in [-0.2, 0) is 6.54 Å². The molecular formula is C18H22N8O2. The van der Waals surface area contributed by atoms with E-state index in [0.717, 1.165) is 44.8 Å². The lowest BCUT2D eigenvalue weighted by atomic mass is 10.3. The van der Waals surface area contributed by atoms with E-state index in [1.807, 2.05) is 11.5 Å². The fourth-order valence-electron chi connectivity index (χ4n) is 3.27. The van der Waals surface area contributed by atoms with Crippen LogP contribution in [0, 0.1) is 10.1 Å². The van der Waals surface area contributed by atoms with Crippen molar-refractivity contribution in [1.82, 2.24) is 24.8 Å². The van der Waals surface area contributed by atoms with Crippen molar-refractivity contribution in [3.8, 4) is 0 Å². The molecule has 0 bridgehead atoms. The van der Waals surface area contributed by atoms with Crippen LogP contribution in [0.25, 0.3) is 11.2 Å². The highest BCUT2D eigenvalue weighted by atomic mass is 16.6. The molecule has 2 N–H and O–H groups in total. The Hall–Kier alpha value is -3.27. The predicted molar refractivity (Wildman–Crippen MR) is 107 cm³/mol. The van der Waals surface area contributed by atoms with Crippen LogP contribution >= 0.6 is 0 Å². The van der Waals surface area contributed by atoms with Gasteiger partial charge in [0, 0.05) is 44.0 Å². The summed E-state index contributed by atoms with van der Waals surface area (Å²) in [5, 5.41) is 17.7. The maximum absolute atomic E-state index is 11.1. The van der Waals surface area contributed by atoms with Crippen molar-refractivity contribution in [2.45, 2.75) is 19.9 Å². The number of aryl methyl sites for hydroxylation is 1. The van der Waals surface area contributed by atoms with Gasteiger partial charge < -0.3 is 20.1 Å². The van der Waals surface area contributed by atoms with Crippen LogP contribution in [0.4, 0.5) is 23.1 Å². The maximum Gasteiger partial charge on any atom is 0.271 e. The van der Waals surface area contributed by atoms with Gasteiger partial charge in [-0.3, -0.25) is 10.1 Å². The zero-order valence-corrected chi connectivity index (χ0v) is 15.6. The average Bonchev–Trinajstić information content (AvgIpc) is 2.93. The van der Waals surface area contributed by atoms with E-state index in [0.29, 0.717) is 23.0 Å². The summed E-state index contributed by atoms with van der Waals surface area (Å²) in [5.41, 5.74) is 2.00. The molecule has 3 aromatic rings. The van der Waals surface area contributed by atoms with Crippen LogP contribution in [-0.4, -0.2) is 50.6 Å². The minimum Gasteiger partial charge on any atom is -0.339 e. The van der Waals surface area contributed by atoms with Gasteiger partial charge in [0.15, 0.2) is 17.0 Å². The molecule has 0 radical (unpaired) electrons. The number of nitro benzene ring substituents is 1. The molecule has 0 aliphatic carbocycles. The SMILES string of the molecule is CCn1cnc2c(Nc3cccc([N+](=O)[O-])c3)nc(N3CCCNCC3)nc21. The summed E-state index contributed by atoms with van der Waals surface area (Å²) < 4.78 is 1.97. The van der Waals surface area contributed by atoms with Crippen LogP contribution in [0.3, 0.4) is 0 Å². The van der Waals surface area contributed by atoms with Crippen LogP contribution < -0.4 is 15.5 Å². The molecule has 28 heavy (non-hydrogen) atoms. The molecule has 1 fully saturated rings. The van der Waals surface area contributed by atoms with Crippen LogP contribution in [0.2, 0.25) is 0 Å². The Bertz CT molecular complexity index is 994. The molecule has 3 heterocycles. The van der Waals surface area contributed by atoms with Gasteiger partial charge in [0.25, 0.3) is 5.69 Å². The van der Waals surface area contributed by atoms with Gasteiger partial charge >= 0.3 is 0 Å². The normalized spacial score (nSPS) is 14.8. The Morgan fingerprint density at radius 3 is 3.00 bits per heavy atom. The molecule has 10 nitrogen and oxygen atoms in total. The van der Waals surface area contributed by atoms with Crippen molar-refractivity contribution >= 4 is 34.3 Å². The first-order valence-corrected chi connectivity index (χ1v) is 9.35. The summed E-state index contributed by atoms with van der Waals surface area (Å²) in [4.78, 5) is 26.8. The number of benzene rings is 1. The first-order chi connectivity index (χ1) is 13.7. The van der Waals surface area contributed by atoms with Gasteiger partial charge in [-0.15, -0.1) is 0 Å². The lowest BCUT2D eigenvalue weighted by Crippen LogP contribution is -2.29. The van der Waals surface area contributed by atoms with E-state index in [4.69, 9.17) is 9.97 Å². The van der Waals surface area contributed by atoms with Crippen LogP contribution in [0.15, 0.2) is 30.6 Å². The van der Waals surface area contributed by atoms with Crippen LogP contribution in [0.1, 0.15) is 13.3 Å². The van der Waals surface area contributed by atoms with E-state index in [1.165, 1.54) is 12.1 Å². The zero-order chi connectivity index (χ0) is 19.5. The Morgan fingerprint density at radius 2 is 2.18 bits per heavy atom. The average molecular weight is 382 g/mol. The van der Waals surface area contributed by atoms with Gasteiger partial charge in [-0.2, -0.15) is 9.97 Å². The summed E-state index contributed by atoms with van der Waals surface area (Å²) >= 11 is 0. The number of rotatable bonds is 5. The van der Waals surface area contributed by atoms with Crippen molar-refractivity contribution in [1.29, 1.82) is 0 Å². The van der Waals surface area contributed by atoms with Gasteiger partial charge in [-0.25, -0.2) is 4.98 Å². The number of nitrogens with one attached hydrogen (secondary N) is 2. The minimum atomic E-state index is -0.414. The van der Waals surface area contributed by atoms with Crippen molar-refractivity contribution in [3.05, 3.63) is 40.7 Å². The molecule has 2 aromatic heterocycles. The Morgan fingerprint density at radius 1 is 1.29 bits per heavy atom. The Labute approximate surface area is 161 Å². The molecule has 0 unspecified atom stereocenters. The molecule has 1 saturated heterocycles. The molecule has 146 valence electrons. The third-order valence-corrected chi connectivity index (χ3v) is 4.74. The number of imidazole rings is 1. The zero-order valence-electron chi connectivity index (χ0n) is 15.6. The summed E-state index contributed by atoms with van der Waals surface area (Å²) in [6, 6.07) is 6.36. The number of hydrogen-bond donors (Lipinski definition) is 2. The van der Waals surface area contributed by atoms with Crippen molar-refractivity contribution in [3.63, 3.8) is 0 Å². The fourth-order valence-corrected chi connectivity index (χ4v) is 3.27. The van der Waals surface area contributed by atoms with E-state index in [9.17, 15) is 10.1 Å². The molecule has 0 atom stereocenters. The van der Waals surface area contributed by atoms with E-state index in [2.05, 4.69) is 20.5 Å². The van der Waals surface area contributed by atoms with Gasteiger partial charge in [-0.05, 0) is 26.0 Å². The minimum absolute atomic E-state index is 0.0215. The quantitative estimate of drug-likeness (QED) is 0.510. The van der Waals surface area contributed by atoms with Gasteiger partial charge in [0.05, 0.1) is 11.3 Å². The third kappa shape index (κ3) is 3.58. The van der Waals surface area contributed by atoms with Crippen LogP contribution in [0.5, 0.6) is 0 Å². The maximum atomic E-state index is 11.1. The highest BCUT2D eigenvalue weighted by Crippen LogP contribution is 2.27. The number of non-ortho nitro benzene ring substituents is 1. The predicted octanol–water partition coefficient (Wildman–Crippen LogP) is 2.30. The van der Waals surface area contributed by atoms with Crippen molar-refractivity contribution < 1.29 is 4.92 Å². The number of nitrogens with zero attached hydrogens (tertiary/aromatic N) is 6. The summed E-state index contributed by atoms with van der Waals surface area (Å²) in [6.45, 7) is 6.32. The molecular weight excluding hydrogens is 360 g/mol. The van der Waals surface area contributed by atoms with Crippen molar-refractivity contribution in [2.24, 2.45) is 0 Å². The first-order valence-electron chi connectivity index (χ1n) is 9.35. The summed E-state index contributed by atoms with van der Waals surface area (Å²) in [6.07, 6.45) is 2.76. The molecule has 1 aromatic carbocycles. The highest BCUT2D eigenvalue weighted by molar-refractivity contribution is 5.86. The first kappa shape index (κ1) is 18.1. The summed E-state index contributed by atoms with van der Waals surface area (Å²) in [7, 11) is 0. The smallest absolute Gasteiger partial charge is 0.271 e. The van der Waals surface area contributed by atoms with Gasteiger partial charge in [0.2, 0.25) is 5.95 Å². The van der Waals surface area contributed by atoms with Gasteiger partial charge in [0.1, 0.15) is 0 Å². The number of fused-ring (bicyclic) bond motifs is 1. The number of nitro groups is 1. The highest BCUT2D eigenvalue weighted by Gasteiger charge is 2.18. The van der Waals surface area contributed by atoms with E-state index in [1.54, 1.807) is 18.5 Å². The number of hydrogen-bond acceptors (Lipinski definition) is 8. The standard InChI is InChI=1S/C18H22N8O2/c1-2-24-12-20-15-16(21-13-5-3-6-14(11-13)26(27)28)22-18(23-17(15)24)25-9-4-7-19-8-10-25/h3,5-6,11-12,19H,2,4,7-10H2,1H3,(H,21,22,23). The fraction of sp³-hybridized carbons (Fsp3) is 0.389. The molecule has 1 aliphatic rings. The van der Waals surface area contributed by atoms with Gasteiger partial charge in [-0.1, -0.05) is 6.07 Å². The third-order valence-electron chi connectivity index (χ3n) is 4.74. The molecule has 10 heteroatoms. The topological polar surface area (TPSA) is 114 Å². The number of anilines is 3. The van der Waals surface area contributed by atoms with E-state index in [-0.39, 0.29) is 5.69 Å². The molecule has 0 saturated carbocycles. The largest absolute Gasteiger partial charge is 0.339 e. The second kappa shape index (κ2) is 7.77. The summed E-state index contributed by atoms with van der Waals surface area (Å²) in [5.74, 6) is 1.18. The molecule has 0 amide bonds. The number of aromatic nitrogens is 4.